The van der Waals surface area contributed by atoms with Gasteiger partial charge in [-0.2, -0.15) is 0 Å². The molecule has 104 valence electrons. The zero-order valence-corrected chi connectivity index (χ0v) is 12.8. The number of para-hydroxylation sites is 1. The lowest BCUT2D eigenvalue weighted by atomic mass is 9.68. The molecular formula is C18H27N. The molecule has 2 fully saturated rings. The van der Waals surface area contributed by atoms with Crippen LogP contribution in [0.5, 0.6) is 0 Å². The molecule has 2 aliphatic carbocycles. The molecule has 0 saturated heterocycles. The van der Waals surface area contributed by atoms with Gasteiger partial charge in [0.1, 0.15) is 0 Å². The van der Waals surface area contributed by atoms with Crippen molar-refractivity contribution in [1.82, 2.24) is 0 Å². The molecule has 0 amide bonds. The van der Waals surface area contributed by atoms with Crippen molar-refractivity contribution in [2.75, 3.05) is 5.32 Å². The molecular weight excluding hydrogens is 230 g/mol. The Morgan fingerprint density at radius 3 is 2.58 bits per heavy atom. The van der Waals surface area contributed by atoms with Gasteiger partial charge in [-0.15, -0.1) is 0 Å². The highest BCUT2D eigenvalue weighted by Crippen LogP contribution is 2.63. The lowest BCUT2D eigenvalue weighted by Gasteiger charge is -2.44. The molecule has 1 nitrogen and oxygen atoms in total. The van der Waals surface area contributed by atoms with E-state index in [0.717, 1.165) is 12.3 Å². The zero-order chi connectivity index (χ0) is 13.7. The maximum Gasteiger partial charge on any atom is 0.0375 e. The van der Waals surface area contributed by atoms with Crippen LogP contribution in [0.25, 0.3) is 0 Å². The molecule has 2 saturated carbocycles. The van der Waals surface area contributed by atoms with E-state index < -0.39 is 0 Å². The topological polar surface area (TPSA) is 12.0 Å². The molecule has 0 heterocycles. The molecule has 1 heteroatoms. The largest absolute Gasteiger partial charge is 0.381 e. The van der Waals surface area contributed by atoms with Crippen LogP contribution in [0.2, 0.25) is 0 Å². The Balaban J connectivity index is 1.90. The second kappa shape index (κ2) is 4.26. The fourth-order valence-corrected chi connectivity index (χ4v) is 4.79. The van der Waals surface area contributed by atoms with Crippen LogP contribution in [0.15, 0.2) is 24.3 Å². The van der Waals surface area contributed by atoms with E-state index in [0.29, 0.717) is 16.9 Å². The summed E-state index contributed by atoms with van der Waals surface area (Å²) in [6.07, 6.45) is 5.34. The number of rotatable bonds is 3. The Labute approximate surface area is 117 Å². The minimum Gasteiger partial charge on any atom is -0.381 e. The van der Waals surface area contributed by atoms with Gasteiger partial charge in [0, 0.05) is 11.7 Å². The van der Waals surface area contributed by atoms with Gasteiger partial charge in [-0.05, 0) is 54.1 Å². The Morgan fingerprint density at radius 1 is 1.21 bits per heavy atom. The molecule has 0 aromatic heterocycles. The molecule has 3 atom stereocenters. The monoisotopic (exact) mass is 257 g/mol. The highest BCUT2D eigenvalue weighted by molar-refractivity contribution is 5.53. The van der Waals surface area contributed by atoms with Crippen molar-refractivity contribution >= 4 is 5.69 Å². The van der Waals surface area contributed by atoms with E-state index in [1.54, 1.807) is 0 Å². The molecule has 3 unspecified atom stereocenters. The summed E-state index contributed by atoms with van der Waals surface area (Å²) in [5.74, 6) is 0.906. The molecule has 0 radical (unpaired) electrons. The minimum atomic E-state index is 0.424. The minimum absolute atomic E-state index is 0.424. The molecule has 1 aromatic rings. The van der Waals surface area contributed by atoms with Crippen LogP contribution in [0.3, 0.4) is 0 Å². The van der Waals surface area contributed by atoms with E-state index in [2.05, 4.69) is 57.3 Å². The number of benzene rings is 1. The third-order valence-electron chi connectivity index (χ3n) is 5.97. The van der Waals surface area contributed by atoms with Gasteiger partial charge in [0.25, 0.3) is 0 Å². The fourth-order valence-electron chi connectivity index (χ4n) is 4.79. The Kier molecular flexibility index (Phi) is 2.92. The third-order valence-corrected chi connectivity index (χ3v) is 5.97. The predicted octanol–water partition coefficient (Wildman–Crippen LogP) is 4.88. The molecule has 2 aliphatic rings. The van der Waals surface area contributed by atoms with Crippen LogP contribution in [-0.4, -0.2) is 6.04 Å². The summed E-state index contributed by atoms with van der Waals surface area (Å²) in [7, 11) is 0. The standard InChI is InChI=1S/C18H27N/c1-5-13-8-6-7-9-15(13)19-16-17(2,3)14-10-11-18(16,4)12-14/h6-9,14,16,19H,5,10-12H2,1-4H3. The summed E-state index contributed by atoms with van der Waals surface area (Å²) < 4.78 is 0. The summed E-state index contributed by atoms with van der Waals surface area (Å²) >= 11 is 0. The third kappa shape index (κ3) is 1.89. The average molecular weight is 257 g/mol. The van der Waals surface area contributed by atoms with Crippen molar-refractivity contribution in [2.24, 2.45) is 16.7 Å². The van der Waals surface area contributed by atoms with E-state index in [1.165, 1.54) is 30.5 Å². The summed E-state index contributed by atoms with van der Waals surface area (Å²) in [4.78, 5) is 0. The second-order valence-electron chi connectivity index (χ2n) is 7.50. The first kappa shape index (κ1) is 13.0. The van der Waals surface area contributed by atoms with Crippen LogP contribution >= 0.6 is 0 Å². The number of hydrogen-bond donors (Lipinski definition) is 1. The lowest BCUT2D eigenvalue weighted by molar-refractivity contribution is 0.155. The van der Waals surface area contributed by atoms with E-state index in [9.17, 15) is 0 Å². The fraction of sp³-hybridized carbons (Fsp3) is 0.667. The Bertz CT molecular complexity index is 472. The Hall–Kier alpha value is -0.980. The molecule has 1 aromatic carbocycles. The highest BCUT2D eigenvalue weighted by Gasteiger charge is 2.59. The van der Waals surface area contributed by atoms with Crippen LogP contribution in [-0.2, 0) is 6.42 Å². The molecule has 0 spiro atoms. The van der Waals surface area contributed by atoms with Crippen LogP contribution in [0, 0.1) is 16.7 Å². The number of aryl methyl sites for hydroxylation is 1. The number of fused-ring (bicyclic) bond motifs is 2. The first-order valence-corrected chi connectivity index (χ1v) is 7.82. The normalized spacial score (nSPS) is 35.6. The molecule has 3 rings (SSSR count). The van der Waals surface area contributed by atoms with Gasteiger partial charge in [0.05, 0.1) is 0 Å². The van der Waals surface area contributed by atoms with E-state index in [4.69, 9.17) is 0 Å². The van der Waals surface area contributed by atoms with Gasteiger partial charge in [0.15, 0.2) is 0 Å². The van der Waals surface area contributed by atoms with E-state index in [1.807, 2.05) is 0 Å². The molecule has 0 aliphatic heterocycles. The van der Waals surface area contributed by atoms with E-state index >= 15 is 0 Å². The average Bonchev–Trinajstić information content (AvgIpc) is 2.86. The highest BCUT2D eigenvalue weighted by atomic mass is 15.0. The van der Waals surface area contributed by atoms with Crippen LogP contribution in [0.1, 0.15) is 52.5 Å². The first-order valence-electron chi connectivity index (χ1n) is 7.82. The van der Waals surface area contributed by atoms with Crippen molar-refractivity contribution in [1.29, 1.82) is 0 Å². The van der Waals surface area contributed by atoms with Gasteiger partial charge in [-0.1, -0.05) is 45.9 Å². The van der Waals surface area contributed by atoms with E-state index in [-0.39, 0.29) is 0 Å². The SMILES string of the molecule is CCc1ccccc1NC1C2(C)CCC(C2)C1(C)C. The second-order valence-corrected chi connectivity index (χ2v) is 7.50. The molecule has 19 heavy (non-hydrogen) atoms. The maximum atomic E-state index is 3.92. The Morgan fingerprint density at radius 2 is 1.95 bits per heavy atom. The maximum absolute atomic E-state index is 3.92. The van der Waals surface area contributed by atoms with Crippen LogP contribution in [0.4, 0.5) is 5.69 Å². The summed E-state index contributed by atoms with van der Waals surface area (Å²) in [5, 5.41) is 3.92. The lowest BCUT2D eigenvalue weighted by Crippen LogP contribution is -2.45. The summed E-state index contributed by atoms with van der Waals surface area (Å²) in [6, 6.07) is 9.43. The zero-order valence-electron chi connectivity index (χ0n) is 12.8. The smallest absolute Gasteiger partial charge is 0.0375 e. The van der Waals surface area contributed by atoms with Crippen molar-refractivity contribution in [2.45, 2.75) is 59.4 Å². The van der Waals surface area contributed by atoms with Crippen molar-refractivity contribution in [3.05, 3.63) is 29.8 Å². The van der Waals surface area contributed by atoms with Gasteiger partial charge in [-0.3, -0.25) is 0 Å². The number of hydrogen-bond acceptors (Lipinski definition) is 1. The van der Waals surface area contributed by atoms with Gasteiger partial charge < -0.3 is 5.32 Å². The van der Waals surface area contributed by atoms with Gasteiger partial charge >= 0.3 is 0 Å². The van der Waals surface area contributed by atoms with Crippen molar-refractivity contribution in [3.8, 4) is 0 Å². The van der Waals surface area contributed by atoms with Crippen molar-refractivity contribution in [3.63, 3.8) is 0 Å². The van der Waals surface area contributed by atoms with Crippen molar-refractivity contribution < 1.29 is 0 Å². The summed E-state index contributed by atoms with van der Waals surface area (Å²) in [6.45, 7) is 9.67. The predicted molar refractivity (Wildman–Crippen MR) is 82.5 cm³/mol. The molecule has 2 bridgehead atoms. The number of anilines is 1. The van der Waals surface area contributed by atoms with Gasteiger partial charge in [0.2, 0.25) is 0 Å². The molecule has 1 N–H and O–H groups in total. The first-order chi connectivity index (χ1) is 8.97. The van der Waals surface area contributed by atoms with Crippen LogP contribution < -0.4 is 5.32 Å². The summed E-state index contributed by atoms with van der Waals surface area (Å²) in [5.41, 5.74) is 3.73. The quantitative estimate of drug-likeness (QED) is 0.814. The number of nitrogens with one attached hydrogen (secondary N) is 1. The van der Waals surface area contributed by atoms with Gasteiger partial charge in [-0.25, -0.2) is 0 Å².